The van der Waals surface area contributed by atoms with Gasteiger partial charge < -0.3 is 15.2 Å². The monoisotopic (exact) mass is 326 g/mol. The number of H-pyrrole nitrogens is 1. The molecule has 0 saturated heterocycles. The molecular formula is C18H18N2O2S. The number of pyridine rings is 1. The van der Waals surface area contributed by atoms with Crippen molar-refractivity contribution in [3.63, 3.8) is 0 Å². The minimum absolute atomic E-state index is 0.519. The van der Waals surface area contributed by atoms with Crippen LogP contribution in [-0.4, -0.2) is 24.0 Å². The lowest BCUT2D eigenvalue weighted by Crippen LogP contribution is -2.41. The highest BCUT2D eigenvalue weighted by molar-refractivity contribution is 7.98. The number of carboxylic acid groups (broad SMARTS) is 1. The molecule has 3 aromatic rings. The van der Waals surface area contributed by atoms with E-state index in [-0.39, 0.29) is 0 Å². The van der Waals surface area contributed by atoms with Gasteiger partial charge in [-0.25, -0.2) is 4.98 Å². The number of carboxylic acids is 1. The fourth-order valence-corrected chi connectivity index (χ4v) is 3.20. The number of nitrogens with one attached hydrogen (secondary N) is 2. The van der Waals surface area contributed by atoms with Crippen molar-refractivity contribution in [3.05, 3.63) is 48.5 Å². The molecule has 5 heteroatoms. The van der Waals surface area contributed by atoms with Gasteiger partial charge in [0.15, 0.2) is 0 Å². The quantitative estimate of drug-likeness (QED) is 0.705. The number of aromatic amines is 1. The lowest BCUT2D eigenvalue weighted by Gasteiger charge is -2.21. The molecule has 0 aliphatic heterocycles. The first-order valence-electron chi connectivity index (χ1n) is 7.50. The van der Waals surface area contributed by atoms with E-state index < -0.39 is 12.0 Å². The van der Waals surface area contributed by atoms with Gasteiger partial charge in [-0.15, -0.1) is 0 Å². The van der Waals surface area contributed by atoms with Gasteiger partial charge in [-0.3, -0.25) is 0 Å². The number of rotatable bonds is 6. The zero-order valence-corrected chi connectivity index (χ0v) is 13.7. The van der Waals surface area contributed by atoms with Crippen LogP contribution in [0.4, 0.5) is 5.69 Å². The second kappa shape index (κ2) is 6.87. The summed E-state index contributed by atoms with van der Waals surface area (Å²) in [5.74, 6) is -0.305. The predicted octanol–water partition coefficient (Wildman–Crippen LogP) is 2.09. The number of thioether (sulfide) groups is 1. The third-order valence-electron chi connectivity index (χ3n) is 3.88. The first-order chi connectivity index (χ1) is 11.2. The number of carbonyl (C=O) groups excluding carboxylic acids is 1. The van der Waals surface area contributed by atoms with E-state index in [2.05, 4.69) is 10.3 Å². The van der Waals surface area contributed by atoms with E-state index in [0.29, 0.717) is 6.42 Å². The Kier molecular flexibility index (Phi) is 4.67. The molecule has 0 unspecified atom stereocenters. The molecule has 1 heterocycles. The lowest BCUT2D eigenvalue weighted by atomic mass is 10.1. The van der Waals surface area contributed by atoms with Crippen LogP contribution in [0.15, 0.2) is 48.5 Å². The Bertz CT molecular complexity index is 797. The fourth-order valence-electron chi connectivity index (χ4n) is 2.72. The molecule has 118 valence electrons. The van der Waals surface area contributed by atoms with Gasteiger partial charge in [-0.2, -0.15) is 11.8 Å². The molecule has 2 N–H and O–H groups in total. The van der Waals surface area contributed by atoms with E-state index in [9.17, 15) is 9.90 Å². The van der Waals surface area contributed by atoms with Crippen LogP contribution in [0.25, 0.3) is 21.8 Å². The van der Waals surface area contributed by atoms with E-state index >= 15 is 0 Å². The van der Waals surface area contributed by atoms with Gasteiger partial charge in [0.2, 0.25) is 11.0 Å². The van der Waals surface area contributed by atoms with E-state index in [1.807, 2.05) is 54.8 Å². The summed E-state index contributed by atoms with van der Waals surface area (Å²) in [6.45, 7) is 0. The van der Waals surface area contributed by atoms with Crippen LogP contribution in [0.3, 0.4) is 0 Å². The lowest BCUT2D eigenvalue weighted by molar-refractivity contribution is -0.310. The summed E-state index contributed by atoms with van der Waals surface area (Å²) in [6.07, 6.45) is 2.49. The second-order valence-electron chi connectivity index (χ2n) is 5.39. The Balaban J connectivity index is 2.14. The summed E-state index contributed by atoms with van der Waals surface area (Å²) in [4.78, 5) is 14.9. The molecule has 2 aromatic carbocycles. The zero-order valence-electron chi connectivity index (χ0n) is 12.8. The molecule has 0 bridgehead atoms. The highest BCUT2D eigenvalue weighted by atomic mass is 32.2. The Labute approximate surface area is 138 Å². The van der Waals surface area contributed by atoms with Crippen LogP contribution >= 0.6 is 11.8 Å². The summed E-state index contributed by atoms with van der Waals surface area (Å²) in [7, 11) is 0. The largest absolute Gasteiger partial charge is 0.548 e. The average molecular weight is 326 g/mol. The number of hydrogen-bond donors (Lipinski definition) is 1. The van der Waals surface area contributed by atoms with E-state index in [1.54, 1.807) is 11.8 Å². The summed E-state index contributed by atoms with van der Waals surface area (Å²) in [5.41, 5.74) is 2.77. The topological polar surface area (TPSA) is 66.3 Å². The van der Waals surface area contributed by atoms with Crippen LogP contribution in [-0.2, 0) is 4.79 Å². The number of fused-ring (bicyclic) bond motifs is 2. The number of benzene rings is 2. The van der Waals surface area contributed by atoms with Crippen LogP contribution in [0.5, 0.6) is 0 Å². The van der Waals surface area contributed by atoms with Crippen LogP contribution in [0.1, 0.15) is 6.42 Å². The average Bonchev–Trinajstić information content (AvgIpc) is 2.57. The minimum Gasteiger partial charge on any atom is -0.548 e. The van der Waals surface area contributed by atoms with Gasteiger partial charge >= 0.3 is 0 Å². The van der Waals surface area contributed by atoms with Gasteiger partial charge in [0.1, 0.15) is 0 Å². The normalized spacial score (nSPS) is 12.4. The maximum absolute atomic E-state index is 11.5. The molecule has 0 aliphatic carbocycles. The molecule has 23 heavy (non-hydrogen) atoms. The molecule has 0 fully saturated rings. The number of aromatic nitrogens is 1. The fraction of sp³-hybridized carbons (Fsp3) is 0.222. The van der Waals surface area contributed by atoms with Crippen molar-refractivity contribution < 1.29 is 14.9 Å². The van der Waals surface area contributed by atoms with Crippen LogP contribution < -0.4 is 15.4 Å². The van der Waals surface area contributed by atoms with Crippen LogP contribution in [0, 0.1) is 0 Å². The van der Waals surface area contributed by atoms with Gasteiger partial charge in [0.25, 0.3) is 0 Å². The van der Waals surface area contributed by atoms with Crippen molar-refractivity contribution in [2.24, 2.45) is 0 Å². The molecule has 3 rings (SSSR count). The third kappa shape index (κ3) is 3.24. The molecule has 1 atom stereocenters. The summed E-state index contributed by atoms with van der Waals surface area (Å²) >= 11 is 1.63. The Hall–Kier alpha value is -2.27. The molecule has 0 amide bonds. The Morgan fingerprint density at radius 1 is 1.13 bits per heavy atom. The van der Waals surface area contributed by atoms with Gasteiger partial charge in [-0.05, 0) is 30.6 Å². The van der Waals surface area contributed by atoms with Crippen LogP contribution in [0.2, 0.25) is 0 Å². The Morgan fingerprint density at radius 3 is 2.22 bits per heavy atom. The molecule has 1 aromatic heterocycles. The van der Waals surface area contributed by atoms with Crippen molar-refractivity contribution in [2.45, 2.75) is 12.5 Å². The second-order valence-corrected chi connectivity index (χ2v) is 6.37. The van der Waals surface area contributed by atoms with E-state index in [1.165, 1.54) is 0 Å². The summed E-state index contributed by atoms with van der Waals surface area (Å²) in [6, 6.07) is 15.1. The van der Waals surface area contributed by atoms with Gasteiger partial charge in [0, 0.05) is 12.1 Å². The molecule has 0 radical (unpaired) electrons. The number of hydrogen-bond acceptors (Lipinski definition) is 4. The van der Waals surface area contributed by atoms with Crippen molar-refractivity contribution in [3.8, 4) is 0 Å². The number of anilines is 1. The summed E-state index contributed by atoms with van der Waals surface area (Å²) < 4.78 is 0. The van der Waals surface area contributed by atoms with E-state index in [0.717, 1.165) is 33.2 Å². The SMILES string of the molecule is CSCC[C@H](Nc1c2ccccc2[nH+]c2ccccc12)C(=O)[O-]. The predicted molar refractivity (Wildman–Crippen MR) is 93.4 cm³/mol. The maximum Gasteiger partial charge on any atom is 0.213 e. The first kappa shape index (κ1) is 15.6. The Morgan fingerprint density at radius 2 is 1.70 bits per heavy atom. The highest BCUT2D eigenvalue weighted by Gasteiger charge is 2.17. The standard InChI is InChI=1S/C18H18N2O2S/c1-23-11-10-16(18(21)22)20-17-12-6-2-4-8-14(12)19-15-9-5-3-7-13(15)17/h2-9,16H,10-11H2,1H3,(H,19,20)(H,21,22)/t16-/m0/s1. The van der Waals surface area contributed by atoms with Crippen molar-refractivity contribution in [1.82, 2.24) is 0 Å². The first-order valence-corrected chi connectivity index (χ1v) is 8.89. The minimum atomic E-state index is -1.07. The zero-order chi connectivity index (χ0) is 16.2. The number of aliphatic carboxylic acids is 1. The molecule has 4 nitrogen and oxygen atoms in total. The molecule has 0 spiro atoms. The van der Waals surface area contributed by atoms with Crippen molar-refractivity contribution in [1.29, 1.82) is 0 Å². The van der Waals surface area contributed by atoms with Gasteiger partial charge in [0.05, 0.1) is 28.5 Å². The van der Waals surface area contributed by atoms with Crippen molar-refractivity contribution >= 4 is 45.2 Å². The number of para-hydroxylation sites is 2. The third-order valence-corrected chi connectivity index (χ3v) is 4.52. The highest BCUT2D eigenvalue weighted by Crippen LogP contribution is 2.29. The van der Waals surface area contributed by atoms with Gasteiger partial charge in [-0.1, -0.05) is 24.3 Å². The summed E-state index contributed by atoms with van der Waals surface area (Å²) in [5, 5.41) is 16.6. The van der Waals surface area contributed by atoms with Crippen molar-refractivity contribution in [2.75, 3.05) is 17.3 Å². The smallest absolute Gasteiger partial charge is 0.213 e. The maximum atomic E-state index is 11.5. The number of carbonyl (C=O) groups is 1. The molecule has 0 saturated carbocycles. The molecular weight excluding hydrogens is 308 g/mol. The van der Waals surface area contributed by atoms with E-state index in [4.69, 9.17) is 0 Å². The molecule has 0 aliphatic rings.